The molecule has 0 amide bonds. The van der Waals surface area contributed by atoms with Crippen LogP contribution in [0.5, 0.6) is 0 Å². The summed E-state index contributed by atoms with van der Waals surface area (Å²) in [4.78, 5) is 8.95. The van der Waals surface area contributed by atoms with Crippen LogP contribution in [0.1, 0.15) is 38.6 Å². The van der Waals surface area contributed by atoms with Gasteiger partial charge in [-0.2, -0.15) is 0 Å². The predicted octanol–water partition coefficient (Wildman–Crippen LogP) is 3.24. The van der Waals surface area contributed by atoms with Crippen molar-refractivity contribution >= 4 is 28.3 Å². The third kappa shape index (κ3) is 3.22. The fraction of sp³-hybridized carbons (Fsp3) is 0.667. The van der Waals surface area contributed by atoms with Crippen LogP contribution < -0.4 is 5.32 Å². The van der Waals surface area contributed by atoms with Crippen LogP contribution in [0.2, 0.25) is 0 Å². The number of nitrogens with one attached hydrogen (secondary N) is 1. The molecule has 0 radical (unpaired) electrons. The molecule has 1 aromatic rings. The third-order valence-corrected chi connectivity index (χ3v) is 4.98. The molecule has 17 heavy (non-hydrogen) atoms. The van der Waals surface area contributed by atoms with E-state index in [1.54, 1.807) is 11.3 Å². The largest absolute Gasteiger partial charge is 0.354 e. The molecule has 0 saturated carbocycles. The minimum Gasteiger partial charge on any atom is -0.354 e. The van der Waals surface area contributed by atoms with E-state index >= 15 is 0 Å². The molecule has 0 spiro atoms. The highest BCUT2D eigenvalue weighted by Crippen LogP contribution is 2.28. The number of rotatable bonds is 4. The van der Waals surface area contributed by atoms with Gasteiger partial charge in [0.1, 0.15) is 5.01 Å². The number of aliphatic imine (C=N–C) groups is 1. The van der Waals surface area contributed by atoms with Crippen molar-refractivity contribution in [1.82, 2.24) is 10.3 Å². The van der Waals surface area contributed by atoms with E-state index in [-0.39, 0.29) is 5.54 Å². The molecule has 1 aliphatic rings. The van der Waals surface area contributed by atoms with Crippen molar-refractivity contribution in [3.05, 3.63) is 16.6 Å². The summed E-state index contributed by atoms with van der Waals surface area (Å²) in [6, 6.07) is 0. The van der Waals surface area contributed by atoms with Gasteiger partial charge in [-0.1, -0.05) is 25.1 Å². The van der Waals surface area contributed by atoms with Gasteiger partial charge in [0.25, 0.3) is 0 Å². The SMILES string of the molecule is CCCC1CN=C(NC(C)(C)c2nccs2)S1. The molecule has 2 heterocycles. The summed E-state index contributed by atoms with van der Waals surface area (Å²) in [5, 5.41) is 8.37. The van der Waals surface area contributed by atoms with E-state index in [2.05, 4.69) is 36.1 Å². The summed E-state index contributed by atoms with van der Waals surface area (Å²) in [5.74, 6) is 0. The molecule has 0 aliphatic carbocycles. The Morgan fingerprint density at radius 3 is 3.00 bits per heavy atom. The number of aromatic nitrogens is 1. The molecular weight excluding hydrogens is 250 g/mol. The first-order valence-electron chi connectivity index (χ1n) is 6.01. The number of thiazole rings is 1. The lowest BCUT2D eigenvalue weighted by Crippen LogP contribution is -2.39. The van der Waals surface area contributed by atoms with Gasteiger partial charge in [0.2, 0.25) is 0 Å². The Morgan fingerprint density at radius 2 is 2.35 bits per heavy atom. The van der Waals surface area contributed by atoms with Crippen LogP contribution in [0.3, 0.4) is 0 Å². The maximum absolute atomic E-state index is 4.58. The molecular formula is C12H19N3S2. The summed E-state index contributed by atoms with van der Waals surface area (Å²) in [5.41, 5.74) is -0.124. The molecule has 5 heteroatoms. The van der Waals surface area contributed by atoms with Gasteiger partial charge in [0.15, 0.2) is 5.17 Å². The first-order valence-corrected chi connectivity index (χ1v) is 7.77. The monoisotopic (exact) mass is 269 g/mol. The zero-order chi connectivity index (χ0) is 12.3. The Bertz CT molecular complexity index is 384. The Kier molecular flexibility index (Phi) is 4.09. The van der Waals surface area contributed by atoms with Crippen LogP contribution in [-0.4, -0.2) is 21.9 Å². The molecule has 1 unspecified atom stereocenters. The van der Waals surface area contributed by atoms with Crippen molar-refractivity contribution in [3.8, 4) is 0 Å². The van der Waals surface area contributed by atoms with Gasteiger partial charge in [-0.25, -0.2) is 4.98 Å². The zero-order valence-corrected chi connectivity index (χ0v) is 12.2. The highest BCUT2D eigenvalue weighted by molar-refractivity contribution is 8.14. The highest BCUT2D eigenvalue weighted by atomic mass is 32.2. The first kappa shape index (κ1) is 12.9. The number of thioether (sulfide) groups is 1. The van der Waals surface area contributed by atoms with E-state index in [9.17, 15) is 0 Å². The van der Waals surface area contributed by atoms with Gasteiger partial charge in [-0.15, -0.1) is 11.3 Å². The molecule has 0 bridgehead atoms. The van der Waals surface area contributed by atoms with Crippen LogP contribution >= 0.6 is 23.1 Å². The van der Waals surface area contributed by atoms with E-state index in [1.165, 1.54) is 12.8 Å². The first-order chi connectivity index (χ1) is 8.12. The summed E-state index contributed by atoms with van der Waals surface area (Å²) in [6.45, 7) is 7.49. The van der Waals surface area contributed by atoms with Gasteiger partial charge in [0.05, 0.1) is 12.1 Å². The molecule has 1 aliphatic heterocycles. The second kappa shape index (κ2) is 5.40. The highest BCUT2D eigenvalue weighted by Gasteiger charge is 2.28. The van der Waals surface area contributed by atoms with E-state index in [1.807, 2.05) is 23.3 Å². The summed E-state index contributed by atoms with van der Waals surface area (Å²) < 4.78 is 0. The average Bonchev–Trinajstić information content (AvgIpc) is 2.88. The minimum absolute atomic E-state index is 0.124. The van der Waals surface area contributed by atoms with Crippen molar-refractivity contribution in [1.29, 1.82) is 0 Å². The van der Waals surface area contributed by atoms with Crippen molar-refractivity contribution < 1.29 is 0 Å². The molecule has 2 rings (SSSR count). The molecule has 1 atom stereocenters. The lowest BCUT2D eigenvalue weighted by atomic mass is 10.1. The van der Waals surface area contributed by atoms with Gasteiger partial charge in [-0.05, 0) is 20.3 Å². The molecule has 3 nitrogen and oxygen atoms in total. The molecule has 0 saturated heterocycles. The summed E-state index contributed by atoms with van der Waals surface area (Å²) in [6.07, 6.45) is 4.33. The van der Waals surface area contributed by atoms with Crippen LogP contribution in [-0.2, 0) is 5.54 Å². The van der Waals surface area contributed by atoms with E-state index < -0.39 is 0 Å². The minimum atomic E-state index is -0.124. The quantitative estimate of drug-likeness (QED) is 0.912. The molecule has 0 fully saturated rings. The van der Waals surface area contributed by atoms with E-state index in [0.717, 1.165) is 16.7 Å². The van der Waals surface area contributed by atoms with Crippen molar-refractivity contribution in [3.63, 3.8) is 0 Å². The van der Waals surface area contributed by atoms with Crippen LogP contribution in [0.4, 0.5) is 0 Å². The number of nitrogens with zero attached hydrogens (tertiary/aromatic N) is 2. The van der Waals surface area contributed by atoms with Crippen molar-refractivity contribution in [2.75, 3.05) is 6.54 Å². The van der Waals surface area contributed by atoms with E-state index in [0.29, 0.717) is 5.25 Å². The zero-order valence-electron chi connectivity index (χ0n) is 10.6. The molecule has 94 valence electrons. The standard InChI is InChI=1S/C12H19N3S2/c1-4-5-9-8-14-11(17-9)15-12(2,3)10-13-6-7-16-10/h6-7,9H,4-5,8H2,1-3H3,(H,14,15). The van der Waals surface area contributed by atoms with Crippen molar-refractivity contribution in [2.24, 2.45) is 4.99 Å². The fourth-order valence-corrected chi connectivity index (χ4v) is 3.81. The van der Waals surface area contributed by atoms with Gasteiger partial charge in [-0.3, -0.25) is 4.99 Å². The Balaban J connectivity index is 1.94. The summed E-state index contributed by atoms with van der Waals surface area (Å²) >= 11 is 3.56. The van der Waals surface area contributed by atoms with Crippen LogP contribution in [0.25, 0.3) is 0 Å². The second-order valence-corrected chi connectivity index (χ2v) is 6.95. The topological polar surface area (TPSA) is 37.3 Å². The van der Waals surface area contributed by atoms with Crippen LogP contribution in [0, 0.1) is 0 Å². The third-order valence-electron chi connectivity index (χ3n) is 2.71. The van der Waals surface area contributed by atoms with Gasteiger partial charge < -0.3 is 5.32 Å². The Morgan fingerprint density at radius 1 is 1.53 bits per heavy atom. The smallest absolute Gasteiger partial charge is 0.157 e. The lowest BCUT2D eigenvalue weighted by molar-refractivity contribution is 0.487. The van der Waals surface area contributed by atoms with Crippen molar-refractivity contribution in [2.45, 2.75) is 44.4 Å². The molecule has 0 aromatic carbocycles. The Labute approximate surface area is 111 Å². The predicted molar refractivity (Wildman–Crippen MR) is 76.9 cm³/mol. The second-order valence-electron chi connectivity index (χ2n) is 4.76. The van der Waals surface area contributed by atoms with Crippen LogP contribution in [0.15, 0.2) is 16.6 Å². The number of hydrogen-bond acceptors (Lipinski definition) is 5. The molecule has 1 N–H and O–H groups in total. The maximum Gasteiger partial charge on any atom is 0.157 e. The fourth-order valence-electron chi connectivity index (χ4n) is 1.81. The van der Waals surface area contributed by atoms with E-state index in [4.69, 9.17) is 0 Å². The molecule has 1 aromatic heterocycles. The average molecular weight is 269 g/mol. The normalized spacial score (nSPS) is 20.4. The number of hydrogen-bond donors (Lipinski definition) is 1. The summed E-state index contributed by atoms with van der Waals surface area (Å²) in [7, 11) is 0. The van der Waals surface area contributed by atoms with Gasteiger partial charge in [0, 0.05) is 16.8 Å². The lowest BCUT2D eigenvalue weighted by Gasteiger charge is -2.24. The number of amidine groups is 1. The Hall–Kier alpha value is -0.550. The van der Waals surface area contributed by atoms with Gasteiger partial charge >= 0.3 is 0 Å². The maximum atomic E-state index is 4.58.